The first-order valence-corrected chi connectivity index (χ1v) is 6.97. The predicted molar refractivity (Wildman–Crippen MR) is 63.4 cm³/mol. The highest BCUT2D eigenvalue weighted by atomic mass is 32.2. The lowest BCUT2D eigenvalue weighted by Gasteiger charge is -2.19. The number of aromatic nitrogens is 2. The van der Waals surface area contributed by atoms with E-state index in [9.17, 15) is 5.11 Å². The van der Waals surface area contributed by atoms with Gasteiger partial charge in [-0.25, -0.2) is 0 Å². The molecule has 0 bridgehead atoms. The number of thioether (sulfide) groups is 1. The molecule has 1 N–H and O–H groups in total. The summed E-state index contributed by atoms with van der Waals surface area (Å²) in [5.74, 6) is 4.53. The second-order valence-electron chi connectivity index (χ2n) is 4.44. The molecule has 1 aliphatic heterocycles. The molecule has 1 aromatic rings. The van der Waals surface area contributed by atoms with E-state index in [4.69, 9.17) is 4.52 Å². The summed E-state index contributed by atoms with van der Waals surface area (Å²) in [4.78, 5) is 4.30. The van der Waals surface area contributed by atoms with Crippen LogP contribution in [0.15, 0.2) is 4.52 Å². The van der Waals surface area contributed by atoms with Crippen molar-refractivity contribution in [3.8, 4) is 0 Å². The summed E-state index contributed by atoms with van der Waals surface area (Å²) in [5.41, 5.74) is 0. The minimum Gasteiger partial charge on any atom is -0.393 e. The minimum absolute atomic E-state index is 0.418. The van der Waals surface area contributed by atoms with E-state index in [1.807, 2.05) is 11.8 Å². The van der Waals surface area contributed by atoms with Gasteiger partial charge in [0.15, 0.2) is 5.82 Å². The Hall–Kier alpha value is -0.550. The standard InChI is InChI=1S/C11H18N2O2S/c1-8(14)5-11-12-10(13-15-11)6-9-3-2-4-16-7-9/h8-9,14H,2-7H2,1H3. The smallest absolute Gasteiger partial charge is 0.229 e. The van der Waals surface area contributed by atoms with Gasteiger partial charge in [-0.3, -0.25) is 0 Å². The van der Waals surface area contributed by atoms with Gasteiger partial charge in [0.1, 0.15) is 0 Å². The summed E-state index contributed by atoms with van der Waals surface area (Å²) in [6.07, 6.45) is 3.52. The topological polar surface area (TPSA) is 59.2 Å². The number of hydrogen-bond donors (Lipinski definition) is 1. The minimum atomic E-state index is -0.418. The Balaban J connectivity index is 1.86. The zero-order chi connectivity index (χ0) is 11.4. The monoisotopic (exact) mass is 242 g/mol. The fourth-order valence-electron chi connectivity index (χ4n) is 1.94. The molecule has 4 nitrogen and oxygen atoms in total. The Labute approximate surface area is 99.8 Å². The van der Waals surface area contributed by atoms with E-state index in [2.05, 4.69) is 10.1 Å². The quantitative estimate of drug-likeness (QED) is 0.870. The van der Waals surface area contributed by atoms with E-state index in [1.165, 1.54) is 24.3 Å². The Morgan fingerprint density at radius 1 is 1.62 bits per heavy atom. The van der Waals surface area contributed by atoms with E-state index in [0.29, 0.717) is 18.2 Å². The summed E-state index contributed by atoms with van der Waals surface area (Å²) in [6.45, 7) is 1.72. The molecule has 90 valence electrons. The first kappa shape index (κ1) is 11.9. The fraction of sp³-hybridized carbons (Fsp3) is 0.818. The Bertz CT molecular complexity index is 322. The van der Waals surface area contributed by atoms with Crippen LogP contribution in [0.2, 0.25) is 0 Å². The molecular formula is C11H18N2O2S. The van der Waals surface area contributed by atoms with Crippen LogP contribution in [-0.2, 0) is 12.8 Å². The van der Waals surface area contributed by atoms with Crippen molar-refractivity contribution in [2.75, 3.05) is 11.5 Å². The van der Waals surface area contributed by atoms with E-state index >= 15 is 0 Å². The van der Waals surface area contributed by atoms with Crippen LogP contribution < -0.4 is 0 Å². The predicted octanol–water partition coefficient (Wildman–Crippen LogP) is 1.68. The Morgan fingerprint density at radius 3 is 3.19 bits per heavy atom. The number of aliphatic hydroxyl groups is 1. The Morgan fingerprint density at radius 2 is 2.50 bits per heavy atom. The molecule has 1 aliphatic rings. The van der Waals surface area contributed by atoms with Crippen molar-refractivity contribution in [2.45, 2.75) is 38.7 Å². The Kier molecular flexibility index (Phi) is 4.23. The van der Waals surface area contributed by atoms with Gasteiger partial charge in [0.2, 0.25) is 5.89 Å². The van der Waals surface area contributed by atoms with Crippen LogP contribution >= 0.6 is 11.8 Å². The molecule has 0 spiro atoms. The van der Waals surface area contributed by atoms with Gasteiger partial charge in [-0.05, 0) is 37.2 Å². The highest BCUT2D eigenvalue weighted by Gasteiger charge is 2.17. The molecule has 0 saturated carbocycles. The highest BCUT2D eigenvalue weighted by molar-refractivity contribution is 7.99. The summed E-state index contributed by atoms with van der Waals surface area (Å²) in [7, 11) is 0. The number of aliphatic hydroxyl groups excluding tert-OH is 1. The summed E-state index contributed by atoms with van der Waals surface area (Å²) in [5, 5.41) is 13.2. The summed E-state index contributed by atoms with van der Waals surface area (Å²) >= 11 is 2.01. The lowest BCUT2D eigenvalue weighted by molar-refractivity contribution is 0.181. The maximum atomic E-state index is 9.21. The van der Waals surface area contributed by atoms with Gasteiger partial charge in [-0.15, -0.1) is 0 Å². The van der Waals surface area contributed by atoms with Crippen LogP contribution in [0.3, 0.4) is 0 Å². The van der Waals surface area contributed by atoms with Crippen molar-refractivity contribution in [2.24, 2.45) is 5.92 Å². The van der Waals surface area contributed by atoms with E-state index in [-0.39, 0.29) is 0 Å². The summed E-state index contributed by atoms with van der Waals surface area (Å²) in [6, 6.07) is 0. The van der Waals surface area contributed by atoms with Gasteiger partial charge in [0.05, 0.1) is 12.5 Å². The molecule has 5 heteroatoms. The van der Waals surface area contributed by atoms with Gasteiger partial charge >= 0.3 is 0 Å². The molecule has 2 heterocycles. The van der Waals surface area contributed by atoms with E-state index in [1.54, 1.807) is 6.92 Å². The van der Waals surface area contributed by atoms with Crippen molar-refractivity contribution >= 4 is 11.8 Å². The highest BCUT2D eigenvalue weighted by Crippen LogP contribution is 2.24. The van der Waals surface area contributed by atoms with Gasteiger partial charge in [0.25, 0.3) is 0 Å². The van der Waals surface area contributed by atoms with Crippen LogP contribution in [0.4, 0.5) is 0 Å². The zero-order valence-electron chi connectivity index (χ0n) is 9.56. The SMILES string of the molecule is CC(O)Cc1nc(CC2CCCSC2)no1. The van der Waals surface area contributed by atoms with Crippen molar-refractivity contribution in [1.29, 1.82) is 0 Å². The average molecular weight is 242 g/mol. The van der Waals surface area contributed by atoms with Gasteiger partial charge < -0.3 is 9.63 Å². The first-order chi connectivity index (χ1) is 7.74. The third-order valence-electron chi connectivity index (χ3n) is 2.71. The van der Waals surface area contributed by atoms with E-state index < -0.39 is 6.10 Å². The van der Waals surface area contributed by atoms with Crippen molar-refractivity contribution in [1.82, 2.24) is 10.1 Å². The maximum Gasteiger partial charge on any atom is 0.229 e. The molecule has 0 aliphatic carbocycles. The van der Waals surface area contributed by atoms with Crippen molar-refractivity contribution in [3.63, 3.8) is 0 Å². The lowest BCUT2D eigenvalue weighted by Crippen LogP contribution is -2.14. The van der Waals surface area contributed by atoms with Gasteiger partial charge in [-0.2, -0.15) is 16.7 Å². The molecule has 16 heavy (non-hydrogen) atoms. The molecule has 0 aromatic carbocycles. The second-order valence-corrected chi connectivity index (χ2v) is 5.59. The van der Waals surface area contributed by atoms with Crippen LogP contribution in [0.1, 0.15) is 31.5 Å². The molecule has 0 amide bonds. The number of nitrogens with zero attached hydrogens (tertiary/aromatic N) is 2. The molecule has 2 unspecified atom stereocenters. The molecule has 2 atom stereocenters. The van der Waals surface area contributed by atoms with Gasteiger partial charge in [-0.1, -0.05) is 5.16 Å². The van der Waals surface area contributed by atoms with Crippen LogP contribution in [0.25, 0.3) is 0 Å². The normalized spacial score (nSPS) is 23.2. The summed E-state index contributed by atoms with van der Waals surface area (Å²) < 4.78 is 5.09. The lowest BCUT2D eigenvalue weighted by atomic mass is 10.0. The molecule has 1 saturated heterocycles. The molecule has 2 rings (SSSR count). The van der Waals surface area contributed by atoms with E-state index in [0.717, 1.165) is 12.2 Å². The van der Waals surface area contributed by atoms with Gasteiger partial charge in [0, 0.05) is 6.42 Å². The first-order valence-electron chi connectivity index (χ1n) is 5.81. The molecule has 1 fully saturated rings. The molecular weight excluding hydrogens is 224 g/mol. The van der Waals surface area contributed by atoms with Crippen molar-refractivity contribution < 1.29 is 9.63 Å². The molecule has 0 radical (unpaired) electrons. The van der Waals surface area contributed by atoms with Crippen LogP contribution in [0.5, 0.6) is 0 Å². The fourth-order valence-corrected chi connectivity index (χ4v) is 3.09. The number of hydrogen-bond acceptors (Lipinski definition) is 5. The average Bonchev–Trinajstić information content (AvgIpc) is 2.66. The second kappa shape index (κ2) is 5.68. The maximum absolute atomic E-state index is 9.21. The number of rotatable bonds is 4. The van der Waals surface area contributed by atoms with Crippen LogP contribution in [-0.4, -0.2) is 32.9 Å². The third kappa shape index (κ3) is 3.49. The zero-order valence-corrected chi connectivity index (χ0v) is 10.4. The largest absolute Gasteiger partial charge is 0.393 e. The third-order valence-corrected chi connectivity index (χ3v) is 3.99. The van der Waals surface area contributed by atoms with Crippen LogP contribution in [0, 0.1) is 5.92 Å². The molecule has 1 aromatic heterocycles. The van der Waals surface area contributed by atoms with Crippen molar-refractivity contribution in [3.05, 3.63) is 11.7 Å².